The fourth-order valence-electron chi connectivity index (χ4n) is 3.85. The molecule has 0 spiro atoms. The molecule has 1 aliphatic rings. The van der Waals surface area contributed by atoms with Crippen LogP contribution in [-0.4, -0.2) is 47.4 Å². The minimum atomic E-state index is -4.13. The molecule has 2 aromatic rings. The summed E-state index contributed by atoms with van der Waals surface area (Å²) in [6.45, 7) is 1.90. The fourth-order valence-corrected chi connectivity index (χ4v) is 5.29. The zero-order valence-electron chi connectivity index (χ0n) is 20.5. The van der Waals surface area contributed by atoms with Gasteiger partial charge in [-0.25, -0.2) is 13.8 Å². The van der Waals surface area contributed by atoms with Gasteiger partial charge >= 0.3 is 0 Å². The molecule has 0 aromatic heterocycles. The van der Waals surface area contributed by atoms with Crippen LogP contribution in [-0.2, 0) is 14.8 Å². The number of nitrogens with zero attached hydrogens (tertiary/aromatic N) is 2. The average molecular weight is 504 g/mol. The van der Waals surface area contributed by atoms with Crippen molar-refractivity contribution < 1.29 is 27.4 Å². The van der Waals surface area contributed by atoms with Crippen LogP contribution < -0.4 is 23.9 Å². The Morgan fingerprint density at radius 3 is 2.23 bits per heavy atom. The molecule has 10 heteroatoms. The Balaban J connectivity index is 1.91. The number of sulfonamides is 1. The van der Waals surface area contributed by atoms with E-state index in [1.807, 2.05) is 6.92 Å². The van der Waals surface area contributed by atoms with E-state index < -0.39 is 22.5 Å². The monoisotopic (exact) mass is 503 g/mol. The summed E-state index contributed by atoms with van der Waals surface area (Å²) in [7, 11) is -1.23. The Labute approximate surface area is 207 Å². The highest BCUT2D eigenvalue weighted by molar-refractivity contribution is 7.92. The second-order valence-electron chi connectivity index (χ2n) is 8.08. The molecule has 2 aromatic carbocycles. The third-order valence-electron chi connectivity index (χ3n) is 5.69. The van der Waals surface area contributed by atoms with E-state index in [-0.39, 0.29) is 10.6 Å². The van der Waals surface area contributed by atoms with Gasteiger partial charge in [-0.3, -0.25) is 9.10 Å². The van der Waals surface area contributed by atoms with Crippen molar-refractivity contribution in [3.63, 3.8) is 0 Å². The van der Waals surface area contributed by atoms with Crippen LogP contribution in [0.4, 0.5) is 5.69 Å². The van der Waals surface area contributed by atoms with Gasteiger partial charge in [-0.1, -0.05) is 12.8 Å². The Kier molecular flexibility index (Phi) is 9.36. The van der Waals surface area contributed by atoms with Crippen molar-refractivity contribution in [3.05, 3.63) is 42.5 Å². The first-order chi connectivity index (χ1) is 16.9. The molecular weight excluding hydrogens is 470 g/mol. The number of hydrazone groups is 1. The largest absolute Gasteiger partial charge is 0.494 e. The molecule has 0 heterocycles. The van der Waals surface area contributed by atoms with Gasteiger partial charge in [-0.15, -0.1) is 0 Å². The maximum Gasteiger partial charge on any atom is 0.264 e. The van der Waals surface area contributed by atoms with Crippen molar-refractivity contribution in [2.45, 2.75) is 50.3 Å². The number of nitrogens with one attached hydrogen (secondary N) is 1. The van der Waals surface area contributed by atoms with Crippen molar-refractivity contribution in [2.75, 3.05) is 31.7 Å². The Morgan fingerprint density at radius 1 is 0.971 bits per heavy atom. The van der Waals surface area contributed by atoms with Gasteiger partial charge in [0.15, 0.2) is 11.5 Å². The normalized spacial score (nSPS) is 14.0. The maximum atomic E-state index is 13.7. The van der Waals surface area contributed by atoms with Crippen molar-refractivity contribution in [1.29, 1.82) is 0 Å². The first-order valence-electron chi connectivity index (χ1n) is 11.7. The number of methoxy groups -OCH3 is 2. The minimum absolute atomic E-state index is 0.0353. The van der Waals surface area contributed by atoms with E-state index in [4.69, 9.17) is 14.2 Å². The van der Waals surface area contributed by atoms with Crippen molar-refractivity contribution >= 4 is 27.3 Å². The van der Waals surface area contributed by atoms with Crippen LogP contribution in [0.25, 0.3) is 0 Å². The Bertz CT molecular complexity index is 1120. The number of rotatable bonds is 10. The first-order valence-corrected chi connectivity index (χ1v) is 13.1. The lowest BCUT2D eigenvalue weighted by Crippen LogP contribution is -2.39. The lowest BCUT2D eigenvalue weighted by atomic mass is 10.2. The van der Waals surface area contributed by atoms with Crippen LogP contribution in [0.2, 0.25) is 0 Å². The number of amides is 1. The summed E-state index contributed by atoms with van der Waals surface area (Å²) in [4.78, 5) is 12.8. The van der Waals surface area contributed by atoms with Crippen molar-refractivity contribution in [3.8, 4) is 17.2 Å². The number of benzene rings is 2. The molecule has 0 bridgehead atoms. The molecular formula is C25H33N3O6S. The highest BCUT2D eigenvalue weighted by Crippen LogP contribution is 2.32. The number of anilines is 1. The summed E-state index contributed by atoms with van der Waals surface area (Å²) in [5.41, 5.74) is 3.81. The molecule has 1 saturated carbocycles. The molecule has 190 valence electrons. The first kappa shape index (κ1) is 26.3. The van der Waals surface area contributed by atoms with Crippen LogP contribution in [0.3, 0.4) is 0 Å². The number of ether oxygens (including phenoxy) is 3. The molecule has 0 unspecified atom stereocenters. The molecule has 9 nitrogen and oxygen atoms in total. The second-order valence-corrected chi connectivity index (χ2v) is 9.94. The summed E-state index contributed by atoms with van der Waals surface area (Å²) in [6.07, 6.45) is 6.07. The van der Waals surface area contributed by atoms with E-state index in [0.29, 0.717) is 23.8 Å². The molecule has 1 amide bonds. The molecule has 35 heavy (non-hydrogen) atoms. The predicted octanol–water partition coefficient (Wildman–Crippen LogP) is 4.12. The van der Waals surface area contributed by atoms with Gasteiger partial charge in [0.1, 0.15) is 12.3 Å². The van der Waals surface area contributed by atoms with Crippen LogP contribution in [0, 0.1) is 0 Å². The summed E-state index contributed by atoms with van der Waals surface area (Å²) in [6, 6.07) is 10.8. The van der Waals surface area contributed by atoms with Gasteiger partial charge in [-0.2, -0.15) is 5.10 Å². The molecule has 3 rings (SSSR count). The number of carbonyl (C=O) groups excluding carboxylic acids is 1. The third-order valence-corrected chi connectivity index (χ3v) is 7.46. The highest BCUT2D eigenvalue weighted by Gasteiger charge is 2.28. The van der Waals surface area contributed by atoms with Gasteiger partial charge in [0, 0.05) is 11.8 Å². The highest BCUT2D eigenvalue weighted by atomic mass is 32.2. The van der Waals surface area contributed by atoms with Crippen molar-refractivity contribution in [1.82, 2.24) is 5.43 Å². The maximum absolute atomic E-state index is 13.7. The second kappa shape index (κ2) is 12.4. The molecule has 0 saturated heterocycles. The van der Waals surface area contributed by atoms with E-state index in [1.165, 1.54) is 32.4 Å². The van der Waals surface area contributed by atoms with Crippen molar-refractivity contribution in [2.24, 2.45) is 5.10 Å². The molecule has 0 aliphatic heterocycles. The molecule has 0 atom stereocenters. The predicted molar refractivity (Wildman–Crippen MR) is 135 cm³/mol. The number of hydrogen-bond donors (Lipinski definition) is 1. The lowest BCUT2D eigenvalue weighted by Gasteiger charge is -2.24. The smallest absolute Gasteiger partial charge is 0.264 e. The Hall–Kier alpha value is -3.27. The van der Waals surface area contributed by atoms with Crippen LogP contribution >= 0.6 is 0 Å². The molecule has 1 N–H and O–H groups in total. The van der Waals surface area contributed by atoms with Crippen LogP contribution in [0.5, 0.6) is 17.2 Å². The van der Waals surface area contributed by atoms with Gasteiger partial charge in [0.05, 0.1) is 31.4 Å². The third kappa shape index (κ3) is 6.88. The fraction of sp³-hybridized carbons (Fsp3) is 0.440. The standard InChI is InChI=1S/C25H33N3O6S/c1-4-34-21-13-11-20(12-14-21)28(18-25(29)27-26-19-9-7-5-6-8-10-19)35(30,31)22-15-16-23(32-2)24(17-22)33-3/h11-17H,4-10,18H2,1-3H3,(H,27,29). The summed E-state index contributed by atoms with van der Waals surface area (Å²) < 4.78 is 44.4. The quantitative estimate of drug-likeness (QED) is 0.386. The summed E-state index contributed by atoms with van der Waals surface area (Å²) in [5, 5.41) is 4.27. The topological polar surface area (TPSA) is 107 Å². The summed E-state index contributed by atoms with van der Waals surface area (Å²) >= 11 is 0. The summed E-state index contributed by atoms with van der Waals surface area (Å²) in [5.74, 6) is 0.740. The van der Waals surface area contributed by atoms with E-state index in [2.05, 4.69) is 10.5 Å². The van der Waals surface area contributed by atoms with E-state index >= 15 is 0 Å². The van der Waals surface area contributed by atoms with E-state index in [0.717, 1.165) is 48.5 Å². The van der Waals surface area contributed by atoms with Crippen LogP contribution in [0.1, 0.15) is 45.4 Å². The van der Waals surface area contributed by atoms with Gasteiger partial charge in [0.25, 0.3) is 15.9 Å². The zero-order valence-corrected chi connectivity index (χ0v) is 21.3. The van der Waals surface area contributed by atoms with Gasteiger partial charge < -0.3 is 14.2 Å². The zero-order chi connectivity index (χ0) is 25.3. The number of hydrogen-bond acceptors (Lipinski definition) is 7. The SMILES string of the molecule is CCOc1ccc(N(CC(=O)NN=C2CCCCCC2)S(=O)(=O)c2ccc(OC)c(OC)c2)cc1. The average Bonchev–Trinajstić information content (AvgIpc) is 3.15. The van der Waals surface area contributed by atoms with Crippen LogP contribution in [0.15, 0.2) is 52.5 Å². The number of carbonyl (C=O) groups is 1. The molecule has 1 aliphatic carbocycles. The van der Waals surface area contributed by atoms with E-state index in [1.54, 1.807) is 24.3 Å². The minimum Gasteiger partial charge on any atom is -0.494 e. The Morgan fingerprint density at radius 2 is 1.63 bits per heavy atom. The van der Waals surface area contributed by atoms with Gasteiger partial charge in [0.2, 0.25) is 0 Å². The molecule has 1 fully saturated rings. The van der Waals surface area contributed by atoms with Gasteiger partial charge in [-0.05, 0) is 69.0 Å². The molecule has 0 radical (unpaired) electrons. The lowest BCUT2D eigenvalue weighted by molar-refractivity contribution is -0.119. The van der Waals surface area contributed by atoms with E-state index in [9.17, 15) is 13.2 Å².